The molecule has 2 rings (SSSR count). The van der Waals surface area contributed by atoms with Crippen LogP contribution in [0.3, 0.4) is 0 Å². The number of benzene rings is 1. The number of fused-ring (bicyclic) bond motifs is 1. The van der Waals surface area contributed by atoms with Gasteiger partial charge < -0.3 is 5.73 Å². The molecule has 1 aromatic carbocycles. The number of aryl methyl sites for hydroxylation is 1. The molecule has 0 aliphatic heterocycles. The van der Waals surface area contributed by atoms with E-state index in [2.05, 4.69) is 48.0 Å². The molecule has 2 heteroatoms. The topological polar surface area (TPSA) is 26.0 Å². The molecule has 2 atom stereocenters. The van der Waals surface area contributed by atoms with Crippen molar-refractivity contribution in [1.82, 2.24) is 0 Å². The Hall–Kier alpha value is -0.340. The fourth-order valence-corrected chi connectivity index (χ4v) is 3.07. The Labute approximate surface area is 100 Å². The van der Waals surface area contributed by atoms with Gasteiger partial charge in [0.15, 0.2) is 0 Å². The Balaban J connectivity index is 2.46. The van der Waals surface area contributed by atoms with Crippen LogP contribution in [0, 0.1) is 5.92 Å². The third-order valence-corrected chi connectivity index (χ3v) is 3.89. The van der Waals surface area contributed by atoms with E-state index in [0.29, 0.717) is 17.9 Å². The van der Waals surface area contributed by atoms with Crippen LogP contribution in [0.2, 0.25) is 0 Å². The molecule has 0 radical (unpaired) electrons. The summed E-state index contributed by atoms with van der Waals surface area (Å²) in [6.45, 7) is 4.53. The predicted molar refractivity (Wildman–Crippen MR) is 68.0 cm³/mol. The van der Waals surface area contributed by atoms with Crippen LogP contribution < -0.4 is 5.73 Å². The lowest BCUT2D eigenvalue weighted by Gasteiger charge is -2.34. The van der Waals surface area contributed by atoms with Crippen LogP contribution in [-0.4, -0.2) is 6.04 Å². The normalized spacial score (nSPS) is 25.4. The third-order valence-electron chi connectivity index (χ3n) is 3.39. The van der Waals surface area contributed by atoms with Crippen LogP contribution in [0.5, 0.6) is 0 Å². The van der Waals surface area contributed by atoms with Crippen LogP contribution >= 0.6 is 15.9 Å². The van der Waals surface area contributed by atoms with E-state index in [1.807, 2.05) is 0 Å². The summed E-state index contributed by atoms with van der Waals surface area (Å²) in [5.74, 6) is 1.14. The molecular formula is C13H18BrN. The molecule has 82 valence electrons. The lowest BCUT2D eigenvalue weighted by Crippen LogP contribution is -2.35. The Morgan fingerprint density at radius 1 is 1.40 bits per heavy atom. The Kier molecular flexibility index (Phi) is 3.17. The molecule has 1 aliphatic carbocycles. The van der Waals surface area contributed by atoms with Crippen molar-refractivity contribution in [1.29, 1.82) is 0 Å². The van der Waals surface area contributed by atoms with E-state index >= 15 is 0 Å². The highest BCUT2D eigenvalue weighted by atomic mass is 79.9. The quantitative estimate of drug-likeness (QED) is 0.829. The number of nitrogens with two attached hydrogens (primary N) is 1. The van der Waals surface area contributed by atoms with Crippen molar-refractivity contribution in [2.24, 2.45) is 11.7 Å². The van der Waals surface area contributed by atoms with Crippen LogP contribution in [0.25, 0.3) is 0 Å². The maximum absolute atomic E-state index is 6.23. The smallest absolute Gasteiger partial charge is 0.0178 e. The predicted octanol–water partition coefficient (Wildman–Crippen LogP) is 3.46. The van der Waals surface area contributed by atoms with Gasteiger partial charge in [-0.05, 0) is 42.0 Å². The Morgan fingerprint density at radius 2 is 2.13 bits per heavy atom. The van der Waals surface area contributed by atoms with Crippen molar-refractivity contribution >= 4 is 15.9 Å². The first kappa shape index (κ1) is 11.2. The van der Waals surface area contributed by atoms with Gasteiger partial charge in [0.05, 0.1) is 0 Å². The molecule has 0 fully saturated rings. The van der Waals surface area contributed by atoms with Gasteiger partial charge in [-0.25, -0.2) is 0 Å². The molecule has 2 N–H and O–H groups in total. The zero-order chi connectivity index (χ0) is 11.0. The highest BCUT2D eigenvalue weighted by molar-refractivity contribution is 9.10. The summed E-state index contributed by atoms with van der Waals surface area (Å²) in [6.07, 6.45) is 2.25. The minimum atomic E-state index is 0.326. The fraction of sp³-hybridized carbons (Fsp3) is 0.538. The van der Waals surface area contributed by atoms with Gasteiger partial charge in [-0.1, -0.05) is 35.8 Å². The van der Waals surface area contributed by atoms with Gasteiger partial charge in [0.2, 0.25) is 0 Å². The molecule has 15 heavy (non-hydrogen) atoms. The monoisotopic (exact) mass is 267 g/mol. The van der Waals surface area contributed by atoms with Gasteiger partial charge in [-0.3, -0.25) is 0 Å². The van der Waals surface area contributed by atoms with Crippen LogP contribution in [0.4, 0.5) is 0 Å². The average Bonchev–Trinajstić information content (AvgIpc) is 2.16. The number of hydrogen-bond acceptors (Lipinski definition) is 1. The van der Waals surface area contributed by atoms with Gasteiger partial charge in [-0.15, -0.1) is 0 Å². The molecule has 1 aliphatic rings. The summed E-state index contributed by atoms with van der Waals surface area (Å²) < 4.78 is 1.17. The van der Waals surface area contributed by atoms with Crippen molar-refractivity contribution < 1.29 is 0 Å². The second-order valence-electron chi connectivity index (χ2n) is 4.82. The molecule has 0 aromatic heterocycles. The third kappa shape index (κ3) is 2.11. The highest BCUT2D eigenvalue weighted by Gasteiger charge is 2.29. The van der Waals surface area contributed by atoms with E-state index in [1.165, 1.54) is 15.6 Å². The van der Waals surface area contributed by atoms with Crippen molar-refractivity contribution in [3.8, 4) is 0 Å². The summed E-state index contributed by atoms with van der Waals surface area (Å²) >= 11 is 3.55. The first-order valence-electron chi connectivity index (χ1n) is 5.63. The van der Waals surface area contributed by atoms with E-state index in [-0.39, 0.29) is 0 Å². The van der Waals surface area contributed by atoms with Crippen molar-refractivity contribution in [3.63, 3.8) is 0 Å². The number of rotatable bonds is 1. The van der Waals surface area contributed by atoms with E-state index in [9.17, 15) is 0 Å². The van der Waals surface area contributed by atoms with Gasteiger partial charge >= 0.3 is 0 Å². The summed E-state index contributed by atoms with van der Waals surface area (Å²) in [5.41, 5.74) is 9.17. The minimum absolute atomic E-state index is 0.326. The van der Waals surface area contributed by atoms with Gasteiger partial charge in [0, 0.05) is 16.4 Å². The highest BCUT2D eigenvalue weighted by Crippen LogP contribution is 2.37. The van der Waals surface area contributed by atoms with Crippen LogP contribution in [-0.2, 0) is 6.42 Å². The van der Waals surface area contributed by atoms with Gasteiger partial charge in [0.25, 0.3) is 0 Å². The van der Waals surface area contributed by atoms with E-state index < -0.39 is 0 Å². The molecule has 0 saturated carbocycles. The first-order chi connectivity index (χ1) is 7.09. The lowest BCUT2D eigenvalue weighted by atomic mass is 9.74. The zero-order valence-electron chi connectivity index (χ0n) is 9.33. The Bertz CT molecular complexity index is 360. The molecule has 1 aromatic rings. The van der Waals surface area contributed by atoms with E-state index in [1.54, 1.807) is 0 Å². The van der Waals surface area contributed by atoms with Crippen molar-refractivity contribution in [2.75, 3.05) is 0 Å². The molecule has 1 nitrogen and oxygen atoms in total. The summed E-state index contributed by atoms with van der Waals surface area (Å²) in [7, 11) is 0. The second-order valence-corrected chi connectivity index (χ2v) is 5.73. The molecule has 2 unspecified atom stereocenters. The van der Waals surface area contributed by atoms with Crippen LogP contribution in [0.15, 0.2) is 22.7 Å². The minimum Gasteiger partial charge on any atom is -0.327 e. The molecular weight excluding hydrogens is 250 g/mol. The average molecular weight is 268 g/mol. The molecule has 0 spiro atoms. The standard InChI is InChI=1S/C13H18BrN/c1-8(2)13-11-7-10(14)5-3-9(11)4-6-12(13)15/h3,5,7-8,12-13H,4,6,15H2,1-2H3. The van der Waals surface area contributed by atoms with Gasteiger partial charge in [0.1, 0.15) is 0 Å². The second kappa shape index (κ2) is 4.26. The molecule has 0 saturated heterocycles. The fourth-order valence-electron chi connectivity index (χ4n) is 2.69. The molecule has 0 amide bonds. The van der Waals surface area contributed by atoms with Gasteiger partial charge in [-0.2, -0.15) is 0 Å². The summed E-state index contributed by atoms with van der Waals surface area (Å²) in [4.78, 5) is 0. The van der Waals surface area contributed by atoms with Crippen LogP contribution in [0.1, 0.15) is 37.3 Å². The maximum atomic E-state index is 6.23. The number of hydrogen-bond donors (Lipinski definition) is 1. The van der Waals surface area contributed by atoms with Crippen molar-refractivity contribution in [3.05, 3.63) is 33.8 Å². The summed E-state index contributed by atoms with van der Waals surface area (Å²) in [5, 5.41) is 0. The van der Waals surface area contributed by atoms with E-state index in [4.69, 9.17) is 5.73 Å². The lowest BCUT2D eigenvalue weighted by molar-refractivity contribution is 0.379. The maximum Gasteiger partial charge on any atom is 0.0178 e. The molecule has 0 heterocycles. The zero-order valence-corrected chi connectivity index (χ0v) is 10.9. The Morgan fingerprint density at radius 3 is 2.80 bits per heavy atom. The first-order valence-corrected chi connectivity index (χ1v) is 6.43. The van der Waals surface area contributed by atoms with Crippen molar-refractivity contribution in [2.45, 2.75) is 38.6 Å². The molecule has 0 bridgehead atoms. The SMILES string of the molecule is CC(C)C1c2cc(Br)ccc2CCC1N. The largest absolute Gasteiger partial charge is 0.327 e. The summed E-state index contributed by atoms with van der Waals surface area (Å²) in [6, 6.07) is 6.94. The number of halogens is 1. The van der Waals surface area contributed by atoms with E-state index in [0.717, 1.165) is 12.8 Å².